The molecule has 0 spiro atoms. The van der Waals surface area contributed by atoms with E-state index in [9.17, 15) is 0 Å². The highest BCUT2D eigenvalue weighted by molar-refractivity contribution is 5.83. The Balaban J connectivity index is 1.92. The Bertz CT molecular complexity index is 656. The van der Waals surface area contributed by atoms with E-state index >= 15 is 0 Å². The van der Waals surface area contributed by atoms with E-state index in [-0.39, 0.29) is 11.5 Å². The summed E-state index contributed by atoms with van der Waals surface area (Å²) in [4.78, 5) is 0. The van der Waals surface area contributed by atoms with Gasteiger partial charge < -0.3 is 10.3 Å². The molecule has 0 bridgehead atoms. The summed E-state index contributed by atoms with van der Waals surface area (Å²) < 4.78 is 2.31. The summed E-state index contributed by atoms with van der Waals surface area (Å²) in [6.07, 6.45) is 6.10. The summed E-state index contributed by atoms with van der Waals surface area (Å²) in [6.45, 7) is 3.01. The van der Waals surface area contributed by atoms with Crippen molar-refractivity contribution >= 4 is 10.9 Å². The van der Waals surface area contributed by atoms with Crippen molar-refractivity contribution in [3.8, 4) is 6.07 Å². The zero-order valence-electron chi connectivity index (χ0n) is 12.0. The summed E-state index contributed by atoms with van der Waals surface area (Å²) in [7, 11) is 0. The Morgan fingerprint density at radius 1 is 1.40 bits per heavy atom. The fourth-order valence-corrected chi connectivity index (χ4v) is 3.05. The first-order valence-corrected chi connectivity index (χ1v) is 7.33. The van der Waals surface area contributed by atoms with Crippen LogP contribution in [0.5, 0.6) is 0 Å². The molecule has 0 aliphatic heterocycles. The largest absolute Gasteiger partial charge is 0.347 e. The standard InChI is InChI=1S/C17H21N3/c1-13(19)11-14-3-2-4-16-15(14)5-10-20(16)12-17(6-7-17)8-9-18/h2-5,10,13H,6-8,11-12,19H2,1H3. The second kappa shape index (κ2) is 4.96. The van der Waals surface area contributed by atoms with Crippen LogP contribution >= 0.6 is 0 Å². The zero-order valence-corrected chi connectivity index (χ0v) is 12.0. The van der Waals surface area contributed by atoms with E-state index in [1.54, 1.807) is 0 Å². The Kier molecular flexibility index (Phi) is 3.27. The summed E-state index contributed by atoms with van der Waals surface area (Å²) >= 11 is 0. The average Bonchev–Trinajstić information content (AvgIpc) is 3.02. The van der Waals surface area contributed by atoms with Crippen molar-refractivity contribution in [3.05, 3.63) is 36.0 Å². The van der Waals surface area contributed by atoms with Crippen molar-refractivity contribution in [3.63, 3.8) is 0 Å². The van der Waals surface area contributed by atoms with Gasteiger partial charge in [0.25, 0.3) is 0 Å². The van der Waals surface area contributed by atoms with E-state index in [1.165, 1.54) is 29.3 Å². The van der Waals surface area contributed by atoms with Crippen molar-refractivity contribution in [2.24, 2.45) is 11.1 Å². The van der Waals surface area contributed by atoms with Crippen molar-refractivity contribution in [1.29, 1.82) is 5.26 Å². The van der Waals surface area contributed by atoms with E-state index in [0.717, 1.165) is 13.0 Å². The van der Waals surface area contributed by atoms with E-state index in [2.05, 4.69) is 41.1 Å². The van der Waals surface area contributed by atoms with Gasteiger partial charge in [-0.2, -0.15) is 5.26 Å². The Morgan fingerprint density at radius 2 is 2.20 bits per heavy atom. The molecule has 1 aliphatic carbocycles. The first-order chi connectivity index (χ1) is 9.63. The molecule has 1 aromatic carbocycles. The lowest BCUT2D eigenvalue weighted by Gasteiger charge is -2.14. The van der Waals surface area contributed by atoms with Gasteiger partial charge in [-0.05, 0) is 43.9 Å². The number of nitrogens with two attached hydrogens (primary N) is 1. The monoisotopic (exact) mass is 267 g/mol. The molecule has 20 heavy (non-hydrogen) atoms. The van der Waals surface area contributed by atoms with E-state index in [0.29, 0.717) is 6.42 Å². The number of nitriles is 1. The van der Waals surface area contributed by atoms with Gasteiger partial charge in [0.15, 0.2) is 0 Å². The van der Waals surface area contributed by atoms with Crippen LogP contribution in [0.3, 0.4) is 0 Å². The smallest absolute Gasteiger partial charge is 0.0628 e. The van der Waals surface area contributed by atoms with Crippen molar-refractivity contribution in [2.75, 3.05) is 0 Å². The van der Waals surface area contributed by atoms with Crippen LogP contribution in [0.2, 0.25) is 0 Å². The molecule has 1 aromatic heterocycles. The van der Waals surface area contributed by atoms with Gasteiger partial charge in [0, 0.05) is 41.5 Å². The molecule has 104 valence electrons. The van der Waals surface area contributed by atoms with Gasteiger partial charge in [-0.15, -0.1) is 0 Å². The molecule has 1 unspecified atom stereocenters. The van der Waals surface area contributed by atoms with Gasteiger partial charge in [-0.25, -0.2) is 0 Å². The van der Waals surface area contributed by atoms with Crippen molar-refractivity contribution in [1.82, 2.24) is 4.57 Å². The van der Waals surface area contributed by atoms with Crippen LogP contribution in [0.4, 0.5) is 0 Å². The number of rotatable bonds is 5. The highest BCUT2D eigenvalue weighted by atomic mass is 15.0. The molecule has 1 atom stereocenters. The molecule has 0 amide bonds. The average molecular weight is 267 g/mol. The lowest BCUT2D eigenvalue weighted by molar-refractivity contribution is 0.440. The number of benzene rings is 1. The molecule has 2 N–H and O–H groups in total. The summed E-state index contributed by atoms with van der Waals surface area (Å²) in [5, 5.41) is 10.3. The van der Waals surface area contributed by atoms with Gasteiger partial charge in [-0.3, -0.25) is 0 Å². The quantitative estimate of drug-likeness (QED) is 0.904. The van der Waals surface area contributed by atoms with Gasteiger partial charge in [-0.1, -0.05) is 12.1 Å². The molecule has 0 radical (unpaired) electrons. The summed E-state index contributed by atoms with van der Waals surface area (Å²) in [6, 6.07) is 11.2. The molecular weight excluding hydrogens is 246 g/mol. The van der Waals surface area contributed by atoms with Crippen LogP contribution < -0.4 is 5.73 Å². The van der Waals surface area contributed by atoms with E-state index in [1.807, 2.05) is 6.92 Å². The maximum atomic E-state index is 8.95. The normalized spacial score (nSPS) is 17.9. The molecule has 1 saturated carbocycles. The van der Waals surface area contributed by atoms with Crippen LogP contribution in [0.15, 0.2) is 30.5 Å². The van der Waals surface area contributed by atoms with Crippen LogP contribution in [0.25, 0.3) is 10.9 Å². The Morgan fingerprint density at radius 3 is 2.85 bits per heavy atom. The third-order valence-corrected chi connectivity index (χ3v) is 4.36. The van der Waals surface area contributed by atoms with Crippen molar-refractivity contribution < 1.29 is 0 Å². The minimum Gasteiger partial charge on any atom is -0.347 e. The topological polar surface area (TPSA) is 54.7 Å². The minimum atomic E-state index is 0.178. The fraction of sp³-hybridized carbons (Fsp3) is 0.471. The number of hydrogen-bond donors (Lipinski definition) is 1. The molecule has 1 fully saturated rings. The molecule has 0 saturated heterocycles. The second-order valence-corrected chi connectivity index (χ2v) is 6.31. The highest BCUT2D eigenvalue weighted by Gasteiger charge is 2.42. The maximum Gasteiger partial charge on any atom is 0.0628 e. The second-order valence-electron chi connectivity index (χ2n) is 6.31. The minimum absolute atomic E-state index is 0.178. The third kappa shape index (κ3) is 2.44. The van der Waals surface area contributed by atoms with E-state index < -0.39 is 0 Å². The van der Waals surface area contributed by atoms with E-state index in [4.69, 9.17) is 11.0 Å². The lowest BCUT2D eigenvalue weighted by atomic mass is 10.0. The molecular formula is C17H21N3. The first kappa shape index (κ1) is 13.2. The van der Waals surface area contributed by atoms with Crippen LogP contribution in [-0.2, 0) is 13.0 Å². The zero-order chi connectivity index (χ0) is 14.2. The van der Waals surface area contributed by atoms with Crippen LogP contribution in [0.1, 0.15) is 31.7 Å². The molecule has 3 heteroatoms. The molecule has 2 aromatic rings. The molecule has 1 aliphatic rings. The first-order valence-electron chi connectivity index (χ1n) is 7.33. The molecule has 1 heterocycles. The number of nitrogens with zero attached hydrogens (tertiary/aromatic N) is 2. The Labute approximate surface area is 120 Å². The fourth-order valence-electron chi connectivity index (χ4n) is 3.05. The van der Waals surface area contributed by atoms with Gasteiger partial charge >= 0.3 is 0 Å². The SMILES string of the molecule is CC(N)Cc1cccc2c1ccn2CC1(CC#N)CC1. The van der Waals surface area contributed by atoms with Gasteiger partial charge in [0.1, 0.15) is 0 Å². The molecule has 3 rings (SSSR count). The maximum absolute atomic E-state index is 8.95. The number of fused-ring (bicyclic) bond motifs is 1. The summed E-state index contributed by atoms with van der Waals surface area (Å²) in [5.74, 6) is 0. The summed E-state index contributed by atoms with van der Waals surface area (Å²) in [5.41, 5.74) is 8.76. The van der Waals surface area contributed by atoms with Crippen LogP contribution in [0, 0.1) is 16.7 Å². The van der Waals surface area contributed by atoms with Gasteiger partial charge in [0.2, 0.25) is 0 Å². The Hall–Kier alpha value is -1.79. The lowest BCUT2D eigenvalue weighted by Crippen LogP contribution is -2.17. The number of hydrogen-bond acceptors (Lipinski definition) is 2. The molecule has 3 nitrogen and oxygen atoms in total. The third-order valence-electron chi connectivity index (χ3n) is 4.36. The predicted octanol–water partition coefficient (Wildman–Crippen LogP) is 3.22. The van der Waals surface area contributed by atoms with Gasteiger partial charge in [0.05, 0.1) is 6.07 Å². The predicted molar refractivity (Wildman–Crippen MR) is 81.2 cm³/mol. The number of aromatic nitrogens is 1. The van der Waals surface area contributed by atoms with Crippen molar-refractivity contribution in [2.45, 2.75) is 45.2 Å². The highest BCUT2D eigenvalue weighted by Crippen LogP contribution is 2.50. The van der Waals surface area contributed by atoms with Crippen LogP contribution in [-0.4, -0.2) is 10.6 Å².